The number of amides is 1. The number of carbonyl (C=O) groups is 1. The molecule has 1 N–H and O–H groups in total. The maximum absolute atomic E-state index is 13.7. The van der Waals surface area contributed by atoms with Crippen molar-refractivity contribution in [3.05, 3.63) is 70.3 Å². The number of ether oxygens (including phenoxy) is 2. The van der Waals surface area contributed by atoms with Crippen LogP contribution in [0.25, 0.3) is 0 Å². The smallest absolute Gasteiger partial charge is 0.264 e. The van der Waals surface area contributed by atoms with Gasteiger partial charge >= 0.3 is 0 Å². The first-order valence-corrected chi connectivity index (χ1v) is 24.4. The summed E-state index contributed by atoms with van der Waals surface area (Å²) in [5.41, 5.74) is 2.58. The molecular weight excluding hydrogens is 786 g/mol. The molecule has 7 atom stereocenters. The quantitative estimate of drug-likeness (QED) is 0.439. The third-order valence-corrected chi connectivity index (χ3v) is 17.7. The standard InChI is InChI=1S/C42H58ClN5O7S2/c1-29-7-5-16-42(54-3,27-45-17-18-46-19-20-48(56(4,50)51)25-35(46)24-45)37-12-9-33(37)23-47-26-41(15-6-8-31-21-34(43)11-13-36(31)41)28-55-39-14-10-32(22-38(39)47)40(49)44-57(52,53)30(29)2/h5,10-11,13-14,16,21-22,29-30,33,35,37H,6-9,12,15,17-20,23-28H2,1-4H3,(H,44,49)/b16-5+/t29-,30-,33+,35+,37-,41+,42-/m1/s1. The number of sulfonamides is 2. The summed E-state index contributed by atoms with van der Waals surface area (Å²) in [7, 11) is -5.50. The second-order valence-electron chi connectivity index (χ2n) is 17.7. The highest BCUT2D eigenvalue weighted by Crippen LogP contribution is 2.49. The zero-order valence-corrected chi connectivity index (χ0v) is 36.0. The number of carbonyl (C=O) groups excluding carboxylic acids is 1. The summed E-state index contributed by atoms with van der Waals surface area (Å²) < 4.78 is 69.8. The molecule has 2 aromatic rings. The average molecular weight is 845 g/mol. The Balaban J connectivity index is 1.17. The van der Waals surface area contributed by atoms with Gasteiger partial charge in [0.15, 0.2) is 0 Å². The first-order valence-electron chi connectivity index (χ1n) is 20.6. The predicted octanol–water partition coefficient (Wildman–Crippen LogP) is 4.53. The molecule has 2 saturated heterocycles. The molecule has 15 heteroatoms. The van der Waals surface area contributed by atoms with Crippen molar-refractivity contribution in [2.75, 3.05) is 83.8 Å². The fourth-order valence-corrected chi connectivity index (χ4v) is 12.9. The van der Waals surface area contributed by atoms with E-state index in [0.717, 1.165) is 69.0 Å². The van der Waals surface area contributed by atoms with E-state index < -0.39 is 36.8 Å². The van der Waals surface area contributed by atoms with Crippen LogP contribution in [0.5, 0.6) is 5.75 Å². The minimum Gasteiger partial charge on any atom is -0.490 e. The van der Waals surface area contributed by atoms with E-state index in [4.69, 9.17) is 21.1 Å². The lowest BCUT2D eigenvalue weighted by atomic mass is 9.63. The van der Waals surface area contributed by atoms with Gasteiger partial charge < -0.3 is 14.4 Å². The summed E-state index contributed by atoms with van der Waals surface area (Å²) in [5, 5.41) is -0.105. The second-order valence-corrected chi connectivity index (χ2v) is 22.2. The van der Waals surface area contributed by atoms with E-state index in [1.165, 1.54) is 17.4 Å². The van der Waals surface area contributed by atoms with Crippen LogP contribution in [0.4, 0.5) is 5.69 Å². The summed E-state index contributed by atoms with van der Waals surface area (Å²) >= 11 is 6.51. The van der Waals surface area contributed by atoms with Crippen molar-refractivity contribution in [1.82, 2.24) is 18.8 Å². The van der Waals surface area contributed by atoms with E-state index in [9.17, 15) is 21.6 Å². The van der Waals surface area contributed by atoms with Crippen LogP contribution in [0.1, 0.15) is 67.4 Å². The number of benzene rings is 2. The highest BCUT2D eigenvalue weighted by Gasteiger charge is 2.50. The molecule has 0 aromatic heterocycles. The Bertz CT molecular complexity index is 2120. The van der Waals surface area contributed by atoms with Crippen molar-refractivity contribution < 1.29 is 31.1 Å². The van der Waals surface area contributed by atoms with Gasteiger partial charge in [0.25, 0.3) is 5.91 Å². The van der Waals surface area contributed by atoms with Gasteiger partial charge in [0.2, 0.25) is 20.0 Å². The zero-order valence-electron chi connectivity index (χ0n) is 33.7. The Morgan fingerprint density at radius 3 is 2.60 bits per heavy atom. The first kappa shape index (κ1) is 41.0. The molecule has 3 fully saturated rings. The maximum Gasteiger partial charge on any atom is 0.264 e. The Kier molecular flexibility index (Phi) is 11.3. The molecule has 2 bridgehead atoms. The molecule has 1 spiro atoms. The number of nitrogens with one attached hydrogen (secondary N) is 1. The summed E-state index contributed by atoms with van der Waals surface area (Å²) in [6.07, 6.45) is 11.0. The summed E-state index contributed by atoms with van der Waals surface area (Å²) in [4.78, 5) is 21.0. The normalized spacial score (nSPS) is 34.4. The van der Waals surface area contributed by atoms with Gasteiger partial charge in [-0.2, -0.15) is 4.31 Å². The fourth-order valence-electron chi connectivity index (χ4n) is 10.6. The van der Waals surface area contributed by atoms with Crippen molar-refractivity contribution in [2.45, 2.75) is 74.7 Å². The second kappa shape index (κ2) is 15.7. The Labute approximate surface area is 344 Å². The average Bonchev–Trinajstić information content (AvgIpc) is 3.31. The van der Waals surface area contributed by atoms with Crippen molar-refractivity contribution >= 4 is 43.2 Å². The van der Waals surface area contributed by atoms with Crippen LogP contribution >= 0.6 is 11.6 Å². The van der Waals surface area contributed by atoms with Gasteiger partial charge in [-0.05, 0) is 105 Å². The molecule has 1 amide bonds. The topological polar surface area (TPSA) is 129 Å². The number of fused-ring (bicyclic) bond motifs is 5. The van der Waals surface area contributed by atoms with Gasteiger partial charge in [-0.15, -0.1) is 0 Å². The van der Waals surface area contributed by atoms with Gasteiger partial charge in [0.05, 0.1) is 23.8 Å². The summed E-state index contributed by atoms with van der Waals surface area (Å²) in [6.45, 7) is 10.2. The monoisotopic (exact) mass is 843 g/mol. The summed E-state index contributed by atoms with van der Waals surface area (Å²) in [5.74, 6) is 0.169. The molecule has 312 valence electrons. The van der Waals surface area contributed by atoms with Gasteiger partial charge in [-0.25, -0.2) is 21.6 Å². The Hall–Kier alpha value is -2.72. The molecule has 4 heterocycles. The Morgan fingerprint density at radius 1 is 1.04 bits per heavy atom. The minimum atomic E-state index is -4.01. The molecule has 57 heavy (non-hydrogen) atoms. The van der Waals surface area contributed by atoms with Crippen LogP contribution < -0.4 is 14.4 Å². The molecule has 1 saturated carbocycles. The van der Waals surface area contributed by atoms with Gasteiger partial charge in [-0.1, -0.05) is 36.7 Å². The molecular formula is C42H58ClN5O7S2. The number of allylic oxidation sites excluding steroid dienone is 1. The third kappa shape index (κ3) is 8.01. The maximum atomic E-state index is 13.7. The van der Waals surface area contributed by atoms with Crippen molar-refractivity contribution in [2.24, 2.45) is 17.8 Å². The fraction of sp³-hybridized carbons (Fsp3) is 0.643. The number of hydrogen-bond acceptors (Lipinski definition) is 10. The highest BCUT2D eigenvalue weighted by atomic mass is 35.5. The molecule has 6 aliphatic rings. The lowest BCUT2D eigenvalue weighted by Crippen LogP contribution is -2.65. The van der Waals surface area contributed by atoms with Crippen molar-refractivity contribution in [1.29, 1.82) is 0 Å². The van der Waals surface area contributed by atoms with E-state index in [1.54, 1.807) is 24.4 Å². The van der Waals surface area contributed by atoms with Gasteiger partial charge in [-0.3, -0.25) is 14.6 Å². The van der Waals surface area contributed by atoms with Crippen molar-refractivity contribution in [3.8, 4) is 5.75 Å². The lowest BCUT2D eigenvalue weighted by Gasteiger charge is -2.53. The number of halogens is 1. The molecule has 4 aliphatic heterocycles. The number of nitrogens with zero attached hydrogens (tertiary/aromatic N) is 4. The molecule has 2 aliphatic carbocycles. The number of anilines is 1. The molecule has 8 rings (SSSR count). The van der Waals surface area contributed by atoms with E-state index >= 15 is 0 Å². The largest absolute Gasteiger partial charge is 0.490 e. The number of rotatable bonds is 4. The molecule has 12 nitrogen and oxygen atoms in total. The number of piperazine rings is 2. The van der Waals surface area contributed by atoms with Crippen LogP contribution in [0.15, 0.2) is 48.6 Å². The van der Waals surface area contributed by atoms with E-state index in [0.29, 0.717) is 51.5 Å². The highest BCUT2D eigenvalue weighted by molar-refractivity contribution is 7.90. The van der Waals surface area contributed by atoms with Gasteiger partial charge in [0, 0.05) is 88.1 Å². The van der Waals surface area contributed by atoms with Crippen molar-refractivity contribution in [3.63, 3.8) is 0 Å². The Morgan fingerprint density at radius 2 is 1.84 bits per heavy atom. The minimum absolute atomic E-state index is 0.0945. The lowest BCUT2D eigenvalue weighted by molar-refractivity contribution is -0.101. The zero-order chi connectivity index (χ0) is 40.3. The number of hydrogen-bond donors (Lipinski definition) is 1. The summed E-state index contributed by atoms with van der Waals surface area (Å²) in [6, 6.07) is 11.6. The van der Waals surface area contributed by atoms with E-state index in [1.807, 2.05) is 25.1 Å². The van der Waals surface area contributed by atoms with E-state index in [-0.39, 0.29) is 34.8 Å². The van der Waals surface area contributed by atoms with E-state index in [2.05, 4.69) is 43.7 Å². The molecule has 0 unspecified atom stereocenters. The number of aryl methyl sites for hydroxylation is 1. The third-order valence-electron chi connectivity index (χ3n) is 14.3. The van der Waals surface area contributed by atoms with Crippen LogP contribution in [0.3, 0.4) is 0 Å². The molecule has 2 aromatic carbocycles. The van der Waals surface area contributed by atoms with Crippen LogP contribution in [0, 0.1) is 17.8 Å². The number of methoxy groups -OCH3 is 1. The van der Waals surface area contributed by atoms with Crippen LogP contribution in [-0.4, -0.2) is 133 Å². The van der Waals surface area contributed by atoms with Crippen LogP contribution in [0.2, 0.25) is 5.02 Å². The predicted molar refractivity (Wildman–Crippen MR) is 223 cm³/mol. The SMILES string of the molecule is CO[C@@]1(CN2CCN3CCN(S(C)(=O)=O)C[C@@H]3C2)/C=C/C[C@@H](C)[C@@H](C)S(=O)(=O)NC(=O)c2ccc3c(c2)N(C[C@@H]2CC[C@H]21)C[C@@]1(CCCc2cc(Cl)ccc21)CO3. The van der Waals surface area contributed by atoms with Gasteiger partial charge in [0.1, 0.15) is 11.4 Å². The first-order chi connectivity index (χ1) is 27.1. The molecule has 0 radical (unpaired) electrons. The van der Waals surface area contributed by atoms with Crippen LogP contribution in [-0.2, 0) is 36.6 Å².